The summed E-state index contributed by atoms with van der Waals surface area (Å²) in [6.07, 6.45) is 2.70. The molecule has 3 aromatic carbocycles. The van der Waals surface area contributed by atoms with Crippen LogP contribution >= 0.6 is 24.0 Å². The molecule has 0 unspecified atom stereocenters. The van der Waals surface area contributed by atoms with Gasteiger partial charge in [0.05, 0.1) is 11.5 Å². The van der Waals surface area contributed by atoms with Gasteiger partial charge in [-0.1, -0.05) is 84.6 Å². The molecule has 5 heteroatoms. The van der Waals surface area contributed by atoms with Crippen LogP contribution in [0.25, 0.3) is 16.8 Å². The van der Waals surface area contributed by atoms with Crippen molar-refractivity contribution in [3.05, 3.63) is 82.8 Å². The monoisotopic (exact) mass is 391 g/mol. The smallest absolute Gasteiger partial charge is 0.263 e. The second-order valence-corrected chi connectivity index (χ2v) is 7.85. The number of rotatable bonds is 5. The summed E-state index contributed by atoms with van der Waals surface area (Å²) in [6, 6.07) is 22.3. The van der Waals surface area contributed by atoms with Crippen molar-refractivity contribution < 1.29 is 9.53 Å². The van der Waals surface area contributed by atoms with Gasteiger partial charge in [-0.15, -0.1) is 0 Å². The molecule has 1 aliphatic heterocycles. The lowest BCUT2D eigenvalue weighted by atomic mass is 10.0. The Morgan fingerprint density at radius 3 is 2.56 bits per heavy atom. The number of nitrogens with one attached hydrogen (secondary N) is 1. The minimum atomic E-state index is -0.159. The van der Waals surface area contributed by atoms with Gasteiger partial charge >= 0.3 is 0 Å². The molecule has 3 nitrogen and oxygen atoms in total. The molecule has 3 aromatic rings. The van der Waals surface area contributed by atoms with E-state index in [1.54, 1.807) is 0 Å². The molecule has 1 saturated heterocycles. The van der Waals surface area contributed by atoms with Crippen molar-refractivity contribution >= 4 is 51.1 Å². The van der Waals surface area contributed by atoms with E-state index in [2.05, 4.69) is 23.5 Å². The Kier molecular flexibility index (Phi) is 5.23. The number of hydrogen-bond acceptors (Lipinski definition) is 4. The van der Waals surface area contributed by atoms with E-state index >= 15 is 0 Å². The highest BCUT2D eigenvalue weighted by Gasteiger charge is 2.23. The first kappa shape index (κ1) is 17.8. The predicted octanol–water partition coefficient (Wildman–Crippen LogP) is 4.95. The van der Waals surface area contributed by atoms with Crippen LogP contribution in [-0.2, 0) is 11.2 Å². The normalized spacial score (nSPS) is 15.3. The molecule has 1 fully saturated rings. The highest BCUT2D eigenvalue weighted by atomic mass is 32.2. The van der Waals surface area contributed by atoms with Crippen LogP contribution < -0.4 is 10.1 Å². The third-order valence-electron chi connectivity index (χ3n) is 4.34. The summed E-state index contributed by atoms with van der Waals surface area (Å²) in [5.74, 6) is 0.608. The molecule has 1 aliphatic rings. The molecule has 0 aromatic heterocycles. The predicted molar refractivity (Wildman–Crippen MR) is 116 cm³/mol. The van der Waals surface area contributed by atoms with E-state index in [-0.39, 0.29) is 5.91 Å². The maximum Gasteiger partial charge on any atom is 0.263 e. The van der Waals surface area contributed by atoms with Crippen molar-refractivity contribution in [1.82, 2.24) is 5.32 Å². The number of benzene rings is 3. The van der Waals surface area contributed by atoms with Gasteiger partial charge in [-0.2, -0.15) is 0 Å². The molecule has 134 valence electrons. The number of amides is 1. The lowest BCUT2D eigenvalue weighted by Crippen LogP contribution is -2.17. The number of fused-ring (bicyclic) bond motifs is 1. The van der Waals surface area contributed by atoms with Gasteiger partial charge in [-0.25, -0.2) is 0 Å². The van der Waals surface area contributed by atoms with E-state index in [0.29, 0.717) is 15.8 Å². The molecular formula is C22H17NO2S2. The summed E-state index contributed by atoms with van der Waals surface area (Å²) in [5, 5.41) is 4.82. The first-order chi connectivity index (χ1) is 13.2. The number of thiocarbonyl (C=S) groups is 1. The summed E-state index contributed by atoms with van der Waals surface area (Å²) in [6.45, 7) is 0.566. The van der Waals surface area contributed by atoms with Crippen molar-refractivity contribution in [2.45, 2.75) is 6.42 Å². The number of carbonyl (C=O) groups is 1. The minimum absolute atomic E-state index is 0.159. The van der Waals surface area contributed by atoms with Crippen LogP contribution in [0.3, 0.4) is 0 Å². The van der Waals surface area contributed by atoms with Crippen molar-refractivity contribution in [2.24, 2.45) is 0 Å². The van der Waals surface area contributed by atoms with Crippen molar-refractivity contribution in [3.63, 3.8) is 0 Å². The van der Waals surface area contributed by atoms with Gasteiger partial charge in [-0.3, -0.25) is 4.79 Å². The summed E-state index contributed by atoms with van der Waals surface area (Å²) in [7, 11) is 0. The van der Waals surface area contributed by atoms with Gasteiger partial charge in [-0.05, 0) is 28.5 Å². The van der Waals surface area contributed by atoms with Crippen molar-refractivity contribution in [3.8, 4) is 5.75 Å². The Morgan fingerprint density at radius 2 is 1.78 bits per heavy atom. The van der Waals surface area contributed by atoms with Gasteiger partial charge < -0.3 is 10.1 Å². The fourth-order valence-electron chi connectivity index (χ4n) is 3.03. The molecule has 4 rings (SSSR count). The second-order valence-electron chi connectivity index (χ2n) is 6.13. The maximum atomic E-state index is 12.1. The van der Waals surface area contributed by atoms with Gasteiger partial charge in [0.2, 0.25) is 0 Å². The van der Waals surface area contributed by atoms with Crippen molar-refractivity contribution in [1.29, 1.82) is 0 Å². The van der Waals surface area contributed by atoms with Crippen LogP contribution in [0.15, 0.2) is 71.6 Å². The average molecular weight is 392 g/mol. The van der Waals surface area contributed by atoms with Crippen LogP contribution in [0.4, 0.5) is 0 Å². The Morgan fingerprint density at radius 1 is 1.00 bits per heavy atom. The molecule has 0 aliphatic carbocycles. The lowest BCUT2D eigenvalue weighted by molar-refractivity contribution is -0.115. The number of hydrogen-bond donors (Lipinski definition) is 1. The topological polar surface area (TPSA) is 38.3 Å². The van der Waals surface area contributed by atoms with E-state index in [4.69, 9.17) is 17.0 Å². The Hall–Kier alpha value is -2.63. The zero-order valence-electron chi connectivity index (χ0n) is 14.5. The number of ether oxygens (including phenoxy) is 1. The molecule has 0 spiro atoms. The Bertz CT molecular complexity index is 1040. The third-order valence-corrected chi connectivity index (χ3v) is 5.50. The van der Waals surface area contributed by atoms with Crippen LogP contribution in [0.5, 0.6) is 5.75 Å². The summed E-state index contributed by atoms with van der Waals surface area (Å²) < 4.78 is 6.59. The first-order valence-corrected chi connectivity index (χ1v) is 9.86. The number of thioether (sulfide) groups is 1. The number of carbonyl (C=O) groups excluding carboxylic acids is 1. The molecule has 0 atom stereocenters. The van der Waals surface area contributed by atoms with Crippen LogP contribution in [0, 0.1) is 0 Å². The first-order valence-electron chi connectivity index (χ1n) is 8.64. The fraction of sp³-hybridized carbons (Fsp3) is 0.0909. The average Bonchev–Trinajstić information content (AvgIpc) is 3.01. The molecule has 1 heterocycles. The Balaban J connectivity index is 1.66. The van der Waals surface area contributed by atoms with Crippen LogP contribution in [-0.4, -0.2) is 16.8 Å². The molecule has 1 N–H and O–H groups in total. The minimum Gasteiger partial charge on any atom is -0.493 e. The van der Waals surface area contributed by atoms with Gasteiger partial charge in [0.1, 0.15) is 10.1 Å². The van der Waals surface area contributed by atoms with Crippen molar-refractivity contribution in [2.75, 3.05) is 6.61 Å². The second kappa shape index (κ2) is 7.94. The van der Waals surface area contributed by atoms with E-state index in [9.17, 15) is 4.79 Å². The zero-order chi connectivity index (χ0) is 18.6. The SMILES string of the molecule is O=C1NC(=S)SC1=Cc1c(OCCc2ccccc2)ccc2ccccc12. The summed E-state index contributed by atoms with van der Waals surface area (Å²) in [4.78, 5) is 12.7. The van der Waals surface area contributed by atoms with Gasteiger partial charge in [0, 0.05) is 12.0 Å². The van der Waals surface area contributed by atoms with Crippen LogP contribution in [0.1, 0.15) is 11.1 Å². The Labute approximate surface area is 167 Å². The third kappa shape index (κ3) is 4.04. The molecule has 1 amide bonds. The van der Waals surface area contributed by atoms with E-state index in [0.717, 1.165) is 28.5 Å². The van der Waals surface area contributed by atoms with Crippen LogP contribution in [0.2, 0.25) is 0 Å². The quantitative estimate of drug-likeness (QED) is 0.493. The highest BCUT2D eigenvalue weighted by Crippen LogP contribution is 2.34. The summed E-state index contributed by atoms with van der Waals surface area (Å²) in [5.41, 5.74) is 2.14. The standard InChI is InChI=1S/C22H17NO2S2/c24-21-20(27-22(26)23-21)14-18-17-9-5-4-8-16(17)10-11-19(18)25-13-12-15-6-2-1-3-7-15/h1-11,14H,12-13H2,(H,23,24,26). The summed E-state index contributed by atoms with van der Waals surface area (Å²) >= 11 is 6.38. The molecular weight excluding hydrogens is 374 g/mol. The maximum absolute atomic E-state index is 12.1. The molecule has 0 bridgehead atoms. The van der Waals surface area contributed by atoms with E-state index < -0.39 is 0 Å². The van der Waals surface area contributed by atoms with Gasteiger partial charge in [0.25, 0.3) is 5.91 Å². The van der Waals surface area contributed by atoms with E-state index in [1.807, 2.05) is 54.6 Å². The van der Waals surface area contributed by atoms with E-state index in [1.165, 1.54) is 17.3 Å². The largest absolute Gasteiger partial charge is 0.493 e. The highest BCUT2D eigenvalue weighted by molar-refractivity contribution is 8.26. The molecule has 0 saturated carbocycles. The molecule has 27 heavy (non-hydrogen) atoms. The van der Waals surface area contributed by atoms with Gasteiger partial charge in [0.15, 0.2) is 0 Å². The fourth-order valence-corrected chi connectivity index (χ4v) is 4.05. The molecule has 0 radical (unpaired) electrons. The zero-order valence-corrected chi connectivity index (χ0v) is 16.1. The lowest BCUT2D eigenvalue weighted by Gasteiger charge is -2.12.